The topological polar surface area (TPSA) is 96.2 Å². The van der Waals surface area contributed by atoms with Crippen LogP contribution in [-0.4, -0.2) is 68.6 Å². The fourth-order valence-corrected chi connectivity index (χ4v) is 2.87. The van der Waals surface area contributed by atoms with Gasteiger partial charge in [-0.25, -0.2) is 0 Å². The van der Waals surface area contributed by atoms with Crippen molar-refractivity contribution in [1.82, 2.24) is 15.0 Å². The Balaban J connectivity index is 1.71. The summed E-state index contributed by atoms with van der Waals surface area (Å²) in [6.45, 7) is 2.41. The summed E-state index contributed by atoms with van der Waals surface area (Å²) >= 11 is 0. The lowest BCUT2D eigenvalue weighted by atomic mass is 10.1. The van der Waals surface area contributed by atoms with Crippen LogP contribution in [0.15, 0.2) is 16.7 Å². The minimum Gasteiger partial charge on any atom is -0.493 e. The average molecular weight is 377 g/mol. The number of benzene rings is 1. The fourth-order valence-electron chi connectivity index (χ4n) is 2.87. The molecule has 0 atom stereocenters. The lowest BCUT2D eigenvalue weighted by Crippen LogP contribution is -2.40. The molecule has 1 aromatic carbocycles. The van der Waals surface area contributed by atoms with Crippen LogP contribution in [0.1, 0.15) is 12.3 Å². The number of morpholine rings is 1. The molecule has 0 saturated carbocycles. The lowest BCUT2D eigenvalue weighted by Gasteiger charge is -2.26. The lowest BCUT2D eigenvalue weighted by molar-refractivity contribution is -0.135. The third kappa shape index (κ3) is 4.30. The van der Waals surface area contributed by atoms with Gasteiger partial charge in [-0.05, 0) is 12.1 Å². The quantitative estimate of drug-likeness (QED) is 0.717. The third-order valence-corrected chi connectivity index (χ3v) is 4.31. The predicted octanol–water partition coefficient (Wildman–Crippen LogP) is 1.55. The van der Waals surface area contributed by atoms with Gasteiger partial charge >= 0.3 is 0 Å². The number of aromatic nitrogens is 2. The summed E-state index contributed by atoms with van der Waals surface area (Å²) in [6.07, 6.45) is 0.699. The van der Waals surface area contributed by atoms with Crippen LogP contribution >= 0.6 is 0 Å². The molecule has 9 heteroatoms. The highest BCUT2D eigenvalue weighted by Gasteiger charge is 2.20. The molecule has 2 heterocycles. The molecule has 0 bridgehead atoms. The number of nitrogens with zero attached hydrogens (tertiary/aromatic N) is 3. The van der Waals surface area contributed by atoms with E-state index in [2.05, 4.69) is 10.1 Å². The zero-order valence-electron chi connectivity index (χ0n) is 15.7. The molecule has 9 nitrogen and oxygen atoms in total. The van der Waals surface area contributed by atoms with Crippen molar-refractivity contribution in [1.29, 1.82) is 0 Å². The molecular formula is C18H23N3O6. The van der Waals surface area contributed by atoms with Crippen molar-refractivity contribution < 1.29 is 28.3 Å². The Kier molecular flexibility index (Phi) is 6.12. The van der Waals surface area contributed by atoms with Crippen molar-refractivity contribution in [3.05, 3.63) is 18.0 Å². The number of amides is 1. The van der Waals surface area contributed by atoms with Crippen molar-refractivity contribution in [3.63, 3.8) is 0 Å². The van der Waals surface area contributed by atoms with Gasteiger partial charge in [0.1, 0.15) is 0 Å². The van der Waals surface area contributed by atoms with Crippen LogP contribution in [0, 0.1) is 0 Å². The summed E-state index contributed by atoms with van der Waals surface area (Å²) < 4.78 is 26.5. The molecule has 1 amide bonds. The number of ether oxygens (including phenoxy) is 4. The molecule has 146 valence electrons. The van der Waals surface area contributed by atoms with Gasteiger partial charge in [0, 0.05) is 31.5 Å². The highest BCUT2D eigenvalue weighted by Crippen LogP contribution is 2.40. The van der Waals surface area contributed by atoms with Crippen LogP contribution in [-0.2, 0) is 16.0 Å². The number of methoxy groups -OCH3 is 3. The first-order valence-electron chi connectivity index (χ1n) is 8.64. The second-order valence-corrected chi connectivity index (χ2v) is 5.92. The van der Waals surface area contributed by atoms with Gasteiger partial charge in [0.05, 0.1) is 34.5 Å². The van der Waals surface area contributed by atoms with E-state index in [0.29, 0.717) is 73.7 Å². The smallest absolute Gasteiger partial charge is 0.227 e. The highest BCUT2D eigenvalue weighted by molar-refractivity contribution is 5.76. The summed E-state index contributed by atoms with van der Waals surface area (Å²) in [6, 6.07) is 3.49. The van der Waals surface area contributed by atoms with E-state index in [-0.39, 0.29) is 5.91 Å². The maximum absolute atomic E-state index is 12.2. The molecule has 0 unspecified atom stereocenters. The Morgan fingerprint density at radius 2 is 1.78 bits per heavy atom. The summed E-state index contributed by atoms with van der Waals surface area (Å²) in [5, 5.41) is 4.00. The third-order valence-electron chi connectivity index (χ3n) is 4.31. The Morgan fingerprint density at radius 1 is 1.11 bits per heavy atom. The number of carbonyl (C=O) groups is 1. The number of hydrogen-bond acceptors (Lipinski definition) is 8. The van der Waals surface area contributed by atoms with Gasteiger partial charge in [-0.3, -0.25) is 4.79 Å². The number of aryl methyl sites for hydroxylation is 1. The van der Waals surface area contributed by atoms with Gasteiger partial charge in [-0.1, -0.05) is 5.16 Å². The Morgan fingerprint density at radius 3 is 2.37 bits per heavy atom. The van der Waals surface area contributed by atoms with Crippen molar-refractivity contribution in [3.8, 4) is 28.6 Å². The van der Waals surface area contributed by atoms with Gasteiger partial charge in [-0.2, -0.15) is 4.98 Å². The standard InChI is InChI=1S/C18H23N3O6/c1-23-13-10-12(11-14(24-2)17(13)25-3)18-19-15(27-20-18)4-5-16(22)21-6-8-26-9-7-21/h10-11H,4-9H2,1-3H3. The van der Waals surface area contributed by atoms with Gasteiger partial charge in [0.25, 0.3) is 0 Å². The van der Waals surface area contributed by atoms with Crippen LogP contribution in [0.3, 0.4) is 0 Å². The fraction of sp³-hybridized carbons (Fsp3) is 0.500. The van der Waals surface area contributed by atoms with E-state index < -0.39 is 0 Å². The Bertz CT molecular complexity index is 760. The van der Waals surface area contributed by atoms with E-state index in [1.807, 2.05) is 0 Å². The Labute approximate surface area is 157 Å². The molecule has 1 aromatic heterocycles. The van der Waals surface area contributed by atoms with Crippen LogP contribution in [0.2, 0.25) is 0 Å². The first-order chi connectivity index (χ1) is 13.2. The van der Waals surface area contributed by atoms with Gasteiger partial charge in [-0.15, -0.1) is 0 Å². The molecule has 1 aliphatic rings. The van der Waals surface area contributed by atoms with E-state index in [4.69, 9.17) is 23.5 Å². The molecular weight excluding hydrogens is 354 g/mol. The second kappa shape index (κ2) is 8.72. The summed E-state index contributed by atoms with van der Waals surface area (Å²) in [4.78, 5) is 18.4. The molecule has 2 aromatic rings. The normalized spacial score (nSPS) is 14.1. The predicted molar refractivity (Wildman–Crippen MR) is 95.1 cm³/mol. The second-order valence-electron chi connectivity index (χ2n) is 5.92. The molecule has 0 N–H and O–H groups in total. The molecule has 0 spiro atoms. The van der Waals surface area contributed by atoms with Gasteiger partial charge in [0.15, 0.2) is 11.5 Å². The van der Waals surface area contributed by atoms with E-state index in [1.54, 1.807) is 31.3 Å². The SMILES string of the molecule is COc1cc(-c2noc(CCC(=O)N3CCOCC3)n2)cc(OC)c1OC. The molecule has 27 heavy (non-hydrogen) atoms. The molecule has 1 saturated heterocycles. The zero-order chi connectivity index (χ0) is 19.2. The van der Waals surface area contributed by atoms with E-state index in [0.717, 1.165) is 0 Å². The largest absolute Gasteiger partial charge is 0.493 e. The van der Waals surface area contributed by atoms with E-state index >= 15 is 0 Å². The first-order valence-corrected chi connectivity index (χ1v) is 8.64. The minimum absolute atomic E-state index is 0.0610. The first kappa shape index (κ1) is 19.0. The Hall–Kier alpha value is -2.81. The molecule has 3 rings (SSSR count). The van der Waals surface area contributed by atoms with Gasteiger partial charge < -0.3 is 28.4 Å². The molecule has 1 fully saturated rings. The van der Waals surface area contributed by atoms with E-state index in [9.17, 15) is 4.79 Å². The maximum Gasteiger partial charge on any atom is 0.227 e. The van der Waals surface area contributed by atoms with Crippen LogP contribution < -0.4 is 14.2 Å². The van der Waals surface area contributed by atoms with Crippen molar-refractivity contribution >= 4 is 5.91 Å². The number of rotatable bonds is 7. The van der Waals surface area contributed by atoms with E-state index in [1.165, 1.54) is 7.11 Å². The number of carbonyl (C=O) groups excluding carboxylic acids is 1. The number of hydrogen-bond donors (Lipinski definition) is 0. The summed E-state index contributed by atoms with van der Waals surface area (Å²) in [7, 11) is 4.62. The van der Waals surface area contributed by atoms with Crippen molar-refractivity contribution in [2.24, 2.45) is 0 Å². The van der Waals surface area contributed by atoms with Crippen molar-refractivity contribution in [2.45, 2.75) is 12.8 Å². The molecule has 0 radical (unpaired) electrons. The zero-order valence-corrected chi connectivity index (χ0v) is 15.7. The van der Waals surface area contributed by atoms with Crippen molar-refractivity contribution in [2.75, 3.05) is 47.6 Å². The monoisotopic (exact) mass is 377 g/mol. The average Bonchev–Trinajstić information content (AvgIpc) is 3.20. The minimum atomic E-state index is 0.0610. The molecule has 1 aliphatic heterocycles. The molecule has 0 aliphatic carbocycles. The van der Waals surface area contributed by atoms with Crippen LogP contribution in [0.25, 0.3) is 11.4 Å². The maximum atomic E-state index is 12.2. The van der Waals surface area contributed by atoms with Crippen LogP contribution in [0.4, 0.5) is 0 Å². The van der Waals surface area contributed by atoms with Crippen LogP contribution in [0.5, 0.6) is 17.2 Å². The highest BCUT2D eigenvalue weighted by atomic mass is 16.5. The van der Waals surface area contributed by atoms with Gasteiger partial charge in [0.2, 0.25) is 23.4 Å². The summed E-state index contributed by atoms with van der Waals surface area (Å²) in [5.74, 6) is 2.35. The summed E-state index contributed by atoms with van der Waals surface area (Å²) in [5.41, 5.74) is 0.666.